The van der Waals surface area contributed by atoms with Gasteiger partial charge in [-0.15, -0.1) is 0 Å². The molecule has 0 aliphatic carbocycles. The van der Waals surface area contributed by atoms with Crippen LogP contribution in [-0.2, 0) is 0 Å². The first kappa shape index (κ1) is 16.1. The summed E-state index contributed by atoms with van der Waals surface area (Å²) in [6, 6.07) is 11.9. The van der Waals surface area contributed by atoms with Crippen molar-refractivity contribution in [2.24, 2.45) is 0 Å². The number of anilines is 1. The first-order chi connectivity index (χ1) is 12.2. The number of likely N-dealkylation sites (tertiary alicyclic amines) is 1. The molecule has 4 heteroatoms. The molecule has 2 saturated heterocycles. The van der Waals surface area contributed by atoms with E-state index in [4.69, 9.17) is 4.98 Å². The third-order valence-electron chi connectivity index (χ3n) is 5.46. The molecule has 0 bridgehead atoms. The largest absolute Gasteiger partial charge is 0.357 e. The summed E-state index contributed by atoms with van der Waals surface area (Å²) in [4.78, 5) is 22.0. The molecule has 0 radical (unpaired) electrons. The normalized spacial score (nSPS) is 20.3. The van der Waals surface area contributed by atoms with Crippen molar-refractivity contribution in [1.82, 2.24) is 9.88 Å². The molecular weight excluding hydrogens is 310 g/mol. The highest BCUT2D eigenvalue weighted by atomic mass is 16.2. The molecular formula is C21H25N3O. The average molecular weight is 335 g/mol. The van der Waals surface area contributed by atoms with E-state index in [1.165, 1.54) is 24.0 Å². The molecule has 1 aromatic heterocycles. The third-order valence-corrected chi connectivity index (χ3v) is 5.46. The summed E-state index contributed by atoms with van der Waals surface area (Å²) in [5, 5.41) is 0. The predicted molar refractivity (Wildman–Crippen MR) is 99.9 cm³/mol. The fraction of sp³-hybridized carbons (Fsp3) is 0.429. The fourth-order valence-electron chi connectivity index (χ4n) is 4.10. The fourth-order valence-corrected chi connectivity index (χ4v) is 4.10. The van der Waals surface area contributed by atoms with Crippen molar-refractivity contribution in [2.75, 3.05) is 24.5 Å². The van der Waals surface area contributed by atoms with Gasteiger partial charge in [0.2, 0.25) is 0 Å². The van der Waals surface area contributed by atoms with Crippen molar-refractivity contribution in [1.29, 1.82) is 0 Å². The maximum atomic E-state index is 12.9. The van der Waals surface area contributed by atoms with Gasteiger partial charge in [-0.05, 0) is 61.9 Å². The summed E-state index contributed by atoms with van der Waals surface area (Å²) < 4.78 is 0. The number of hydrogen-bond acceptors (Lipinski definition) is 3. The van der Waals surface area contributed by atoms with Crippen LogP contribution in [0, 0.1) is 6.92 Å². The van der Waals surface area contributed by atoms with E-state index in [1.807, 2.05) is 41.4 Å². The van der Waals surface area contributed by atoms with Crippen molar-refractivity contribution in [2.45, 2.75) is 38.6 Å². The highest BCUT2D eigenvalue weighted by molar-refractivity contribution is 5.94. The highest BCUT2D eigenvalue weighted by Gasteiger charge is 2.32. The number of carbonyl (C=O) groups excluding carboxylic acids is 1. The molecule has 1 amide bonds. The standard InChI is InChI=1S/C21H25N3O/c1-16-14-20(23-11-5-6-12-23)22-15-18(16)19-10-7-13-24(19)21(25)17-8-3-2-4-9-17/h2-4,8-9,14-15,19H,5-7,10-13H2,1H3/t19-/m0/s1. The summed E-state index contributed by atoms with van der Waals surface area (Å²) in [6.45, 7) is 5.19. The van der Waals surface area contributed by atoms with Gasteiger partial charge in [0.1, 0.15) is 5.82 Å². The molecule has 0 unspecified atom stereocenters. The molecule has 0 saturated carbocycles. The maximum Gasteiger partial charge on any atom is 0.254 e. The van der Waals surface area contributed by atoms with Crippen molar-refractivity contribution >= 4 is 11.7 Å². The zero-order valence-electron chi connectivity index (χ0n) is 14.8. The summed E-state index contributed by atoms with van der Waals surface area (Å²) >= 11 is 0. The van der Waals surface area contributed by atoms with E-state index in [-0.39, 0.29) is 11.9 Å². The van der Waals surface area contributed by atoms with Crippen molar-refractivity contribution in [3.8, 4) is 0 Å². The molecule has 0 N–H and O–H groups in total. The minimum atomic E-state index is 0.131. The van der Waals surface area contributed by atoms with Gasteiger partial charge < -0.3 is 9.80 Å². The van der Waals surface area contributed by atoms with Crippen LogP contribution in [0.5, 0.6) is 0 Å². The van der Waals surface area contributed by atoms with Crippen LogP contribution in [0.3, 0.4) is 0 Å². The molecule has 3 heterocycles. The molecule has 4 rings (SSSR count). The van der Waals surface area contributed by atoms with E-state index in [0.29, 0.717) is 0 Å². The van der Waals surface area contributed by atoms with Gasteiger partial charge >= 0.3 is 0 Å². The Morgan fingerprint density at radius 3 is 2.56 bits per heavy atom. The maximum absolute atomic E-state index is 12.9. The first-order valence-corrected chi connectivity index (χ1v) is 9.31. The van der Waals surface area contributed by atoms with Crippen LogP contribution in [0.15, 0.2) is 42.6 Å². The Morgan fingerprint density at radius 1 is 1.08 bits per heavy atom. The van der Waals surface area contributed by atoms with Gasteiger partial charge in [-0.25, -0.2) is 4.98 Å². The lowest BCUT2D eigenvalue weighted by atomic mass is 10.0. The number of amides is 1. The van der Waals surface area contributed by atoms with Gasteiger partial charge in [-0.3, -0.25) is 4.79 Å². The predicted octanol–water partition coefficient (Wildman–Crippen LogP) is 3.97. The Kier molecular flexibility index (Phi) is 4.43. The molecule has 25 heavy (non-hydrogen) atoms. The zero-order valence-corrected chi connectivity index (χ0v) is 14.8. The molecule has 130 valence electrons. The lowest BCUT2D eigenvalue weighted by Crippen LogP contribution is -2.31. The molecule has 2 aliphatic rings. The number of rotatable bonds is 3. The van der Waals surface area contributed by atoms with Crippen molar-refractivity contribution < 1.29 is 4.79 Å². The van der Waals surface area contributed by atoms with Crippen molar-refractivity contribution in [3.05, 3.63) is 59.3 Å². The second-order valence-corrected chi connectivity index (χ2v) is 7.12. The van der Waals surface area contributed by atoms with E-state index >= 15 is 0 Å². The number of hydrogen-bond donors (Lipinski definition) is 0. The van der Waals surface area contributed by atoms with Gasteiger partial charge in [0.25, 0.3) is 5.91 Å². The minimum Gasteiger partial charge on any atom is -0.357 e. The van der Waals surface area contributed by atoms with Crippen LogP contribution in [-0.4, -0.2) is 35.4 Å². The Bertz CT molecular complexity index is 753. The first-order valence-electron chi connectivity index (χ1n) is 9.31. The van der Waals surface area contributed by atoms with Gasteiger partial charge in [0.05, 0.1) is 6.04 Å². The summed E-state index contributed by atoms with van der Waals surface area (Å²) in [6.07, 6.45) is 6.58. The van der Waals surface area contributed by atoms with Gasteiger partial charge in [0.15, 0.2) is 0 Å². The van der Waals surface area contributed by atoms with E-state index in [1.54, 1.807) is 0 Å². The Hall–Kier alpha value is -2.36. The molecule has 0 spiro atoms. The smallest absolute Gasteiger partial charge is 0.254 e. The van der Waals surface area contributed by atoms with Gasteiger partial charge in [-0.1, -0.05) is 18.2 Å². The van der Waals surface area contributed by atoms with E-state index in [0.717, 1.165) is 43.9 Å². The average Bonchev–Trinajstić information content (AvgIpc) is 3.33. The van der Waals surface area contributed by atoms with Crippen LogP contribution < -0.4 is 4.90 Å². The number of aromatic nitrogens is 1. The molecule has 2 fully saturated rings. The number of benzene rings is 1. The van der Waals surface area contributed by atoms with E-state index in [9.17, 15) is 4.79 Å². The molecule has 4 nitrogen and oxygen atoms in total. The quantitative estimate of drug-likeness (QED) is 0.851. The van der Waals surface area contributed by atoms with E-state index in [2.05, 4.69) is 17.9 Å². The SMILES string of the molecule is Cc1cc(N2CCCC2)ncc1[C@@H]1CCCN1C(=O)c1ccccc1. The number of aryl methyl sites for hydroxylation is 1. The van der Waals surface area contributed by atoms with Crippen molar-refractivity contribution in [3.63, 3.8) is 0 Å². The van der Waals surface area contributed by atoms with Crippen LogP contribution in [0.2, 0.25) is 0 Å². The zero-order chi connectivity index (χ0) is 17.2. The van der Waals surface area contributed by atoms with E-state index < -0.39 is 0 Å². The van der Waals surface area contributed by atoms with Gasteiger partial charge in [-0.2, -0.15) is 0 Å². The second-order valence-electron chi connectivity index (χ2n) is 7.12. The van der Waals surface area contributed by atoms with Crippen LogP contribution >= 0.6 is 0 Å². The van der Waals surface area contributed by atoms with Crippen LogP contribution in [0.4, 0.5) is 5.82 Å². The topological polar surface area (TPSA) is 36.4 Å². The molecule has 1 aromatic carbocycles. The molecule has 2 aliphatic heterocycles. The molecule has 1 atom stereocenters. The Morgan fingerprint density at radius 2 is 1.84 bits per heavy atom. The summed E-state index contributed by atoms with van der Waals surface area (Å²) in [5.41, 5.74) is 3.22. The third kappa shape index (κ3) is 3.13. The van der Waals surface area contributed by atoms with Gasteiger partial charge in [0, 0.05) is 31.4 Å². The summed E-state index contributed by atoms with van der Waals surface area (Å²) in [5.74, 6) is 1.21. The number of pyridine rings is 1. The summed E-state index contributed by atoms with van der Waals surface area (Å²) in [7, 11) is 0. The minimum absolute atomic E-state index is 0.131. The Balaban J connectivity index is 1.58. The second kappa shape index (κ2) is 6.87. The lowest BCUT2D eigenvalue weighted by molar-refractivity contribution is 0.0735. The lowest BCUT2D eigenvalue weighted by Gasteiger charge is -2.27. The van der Waals surface area contributed by atoms with Crippen LogP contribution in [0.1, 0.15) is 53.2 Å². The Labute approximate surface area is 149 Å². The highest BCUT2D eigenvalue weighted by Crippen LogP contribution is 2.35. The molecule has 2 aromatic rings. The number of nitrogens with zero attached hydrogens (tertiary/aromatic N) is 3. The van der Waals surface area contributed by atoms with Crippen LogP contribution in [0.25, 0.3) is 0 Å². The number of carbonyl (C=O) groups is 1. The monoisotopic (exact) mass is 335 g/mol.